The van der Waals surface area contributed by atoms with Gasteiger partial charge >= 0.3 is 0 Å². The van der Waals surface area contributed by atoms with E-state index in [1.807, 2.05) is 12.2 Å². The highest BCUT2D eigenvalue weighted by Crippen LogP contribution is 2.15. The van der Waals surface area contributed by atoms with Crippen molar-refractivity contribution in [1.82, 2.24) is 0 Å². The van der Waals surface area contributed by atoms with Gasteiger partial charge in [0, 0.05) is 0 Å². The molecule has 58 valence electrons. The van der Waals surface area contributed by atoms with Gasteiger partial charge in [-0.1, -0.05) is 12.2 Å². The van der Waals surface area contributed by atoms with E-state index < -0.39 is 10.0 Å². The Morgan fingerprint density at radius 1 is 1.40 bits per heavy atom. The number of nitrogens with two attached hydrogens (primary N) is 1. The van der Waals surface area contributed by atoms with E-state index in [4.69, 9.17) is 5.14 Å². The summed E-state index contributed by atoms with van der Waals surface area (Å²) in [7, 11) is -3.28. The van der Waals surface area contributed by atoms with Crippen LogP contribution in [0.1, 0.15) is 19.3 Å². The van der Waals surface area contributed by atoms with Crippen LogP contribution in [0.5, 0.6) is 0 Å². The van der Waals surface area contributed by atoms with Crippen LogP contribution in [-0.4, -0.2) is 13.7 Å². The van der Waals surface area contributed by atoms with Crippen LogP contribution in [0, 0.1) is 0 Å². The van der Waals surface area contributed by atoms with E-state index in [9.17, 15) is 8.42 Å². The molecule has 2 N–H and O–H groups in total. The van der Waals surface area contributed by atoms with Crippen LogP contribution in [0.15, 0.2) is 12.2 Å². The smallest absolute Gasteiger partial charge is 0.212 e. The molecule has 1 rings (SSSR count). The van der Waals surface area contributed by atoms with Crippen LogP contribution < -0.4 is 5.14 Å². The molecular formula is C6H11NO2S. The fourth-order valence-electron chi connectivity index (χ4n) is 1.06. The molecule has 4 heteroatoms. The van der Waals surface area contributed by atoms with E-state index >= 15 is 0 Å². The number of hydrogen-bond donors (Lipinski definition) is 1. The van der Waals surface area contributed by atoms with Gasteiger partial charge < -0.3 is 0 Å². The largest absolute Gasteiger partial charge is 0.228 e. The molecule has 0 spiro atoms. The minimum absolute atomic E-state index is 0.336. The summed E-state index contributed by atoms with van der Waals surface area (Å²) >= 11 is 0. The zero-order chi connectivity index (χ0) is 7.61. The highest BCUT2D eigenvalue weighted by molar-refractivity contribution is 7.89. The third-order valence-electron chi connectivity index (χ3n) is 1.69. The Balaban J connectivity index is 2.67. The number of primary sulfonamides is 1. The minimum Gasteiger partial charge on any atom is -0.228 e. The third-order valence-corrected chi connectivity index (χ3v) is 3.04. The average Bonchev–Trinajstić information content (AvgIpc) is 1.88. The zero-order valence-corrected chi connectivity index (χ0v) is 6.47. The standard InChI is InChI=1S/C6H11NO2S/c7-10(8,9)6-4-2-1-3-5-6/h1-2,6H,3-5H2,(H2,7,8,9). The van der Waals surface area contributed by atoms with Gasteiger partial charge in [0.25, 0.3) is 0 Å². The van der Waals surface area contributed by atoms with Crippen molar-refractivity contribution in [2.45, 2.75) is 24.5 Å². The minimum atomic E-state index is -3.28. The van der Waals surface area contributed by atoms with Crippen molar-refractivity contribution < 1.29 is 8.42 Å². The van der Waals surface area contributed by atoms with Crippen LogP contribution in [0.2, 0.25) is 0 Å². The molecule has 0 aliphatic heterocycles. The highest BCUT2D eigenvalue weighted by atomic mass is 32.2. The Morgan fingerprint density at radius 2 is 2.10 bits per heavy atom. The van der Waals surface area contributed by atoms with Gasteiger partial charge in [-0.2, -0.15) is 0 Å². The van der Waals surface area contributed by atoms with E-state index in [2.05, 4.69) is 0 Å². The van der Waals surface area contributed by atoms with E-state index in [0.717, 1.165) is 6.42 Å². The normalized spacial score (nSPS) is 26.7. The van der Waals surface area contributed by atoms with Crippen molar-refractivity contribution in [1.29, 1.82) is 0 Å². The topological polar surface area (TPSA) is 60.2 Å². The van der Waals surface area contributed by atoms with Gasteiger partial charge in [0.2, 0.25) is 10.0 Å². The van der Waals surface area contributed by atoms with Gasteiger partial charge in [-0.25, -0.2) is 13.6 Å². The van der Waals surface area contributed by atoms with Gasteiger partial charge in [0.1, 0.15) is 0 Å². The van der Waals surface area contributed by atoms with Crippen molar-refractivity contribution in [3.63, 3.8) is 0 Å². The van der Waals surface area contributed by atoms with Gasteiger partial charge in [-0.05, 0) is 19.3 Å². The van der Waals surface area contributed by atoms with Crippen molar-refractivity contribution in [3.8, 4) is 0 Å². The van der Waals surface area contributed by atoms with Gasteiger partial charge in [0.15, 0.2) is 0 Å². The molecule has 3 nitrogen and oxygen atoms in total. The van der Waals surface area contributed by atoms with Crippen LogP contribution >= 0.6 is 0 Å². The van der Waals surface area contributed by atoms with Crippen LogP contribution in [-0.2, 0) is 10.0 Å². The Kier molecular flexibility index (Phi) is 2.11. The lowest BCUT2D eigenvalue weighted by Crippen LogP contribution is -2.28. The summed E-state index contributed by atoms with van der Waals surface area (Å²) in [5.74, 6) is 0. The second-order valence-corrected chi connectivity index (χ2v) is 4.34. The molecule has 0 aromatic rings. The predicted octanol–water partition coefficient (Wildman–Crippen LogP) is 0.384. The second-order valence-electron chi connectivity index (χ2n) is 2.50. The van der Waals surface area contributed by atoms with E-state index in [0.29, 0.717) is 12.8 Å². The van der Waals surface area contributed by atoms with Crippen molar-refractivity contribution >= 4 is 10.0 Å². The van der Waals surface area contributed by atoms with Gasteiger partial charge in [-0.3, -0.25) is 0 Å². The van der Waals surface area contributed by atoms with Crippen LogP contribution in [0.4, 0.5) is 0 Å². The lowest BCUT2D eigenvalue weighted by molar-refractivity contribution is 0.570. The first-order valence-corrected chi connectivity index (χ1v) is 4.88. The van der Waals surface area contributed by atoms with Gasteiger partial charge in [-0.15, -0.1) is 0 Å². The number of allylic oxidation sites excluding steroid dienone is 2. The molecular weight excluding hydrogens is 150 g/mol. The molecule has 1 aliphatic carbocycles. The lowest BCUT2D eigenvalue weighted by Gasteiger charge is -2.14. The van der Waals surface area contributed by atoms with Crippen molar-refractivity contribution in [2.24, 2.45) is 5.14 Å². The van der Waals surface area contributed by atoms with Gasteiger partial charge in [0.05, 0.1) is 5.25 Å². The fourth-order valence-corrected chi connectivity index (χ4v) is 1.91. The molecule has 0 aromatic carbocycles. The predicted molar refractivity (Wildman–Crippen MR) is 39.9 cm³/mol. The molecule has 1 atom stereocenters. The summed E-state index contributed by atoms with van der Waals surface area (Å²) in [6, 6.07) is 0. The molecule has 0 saturated heterocycles. The molecule has 10 heavy (non-hydrogen) atoms. The second kappa shape index (κ2) is 2.72. The molecule has 0 bridgehead atoms. The summed E-state index contributed by atoms with van der Waals surface area (Å²) in [5, 5.41) is 4.61. The van der Waals surface area contributed by atoms with E-state index in [1.54, 1.807) is 0 Å². The maximum absolute atomic E-state index is 10.7. The summed E-state index contributed by atoms with van der Waals surface area (Å²) in [6.45, 7) is 0. The maximum Gasteiger partial charge on any atom is 0.212 e. The molecule has 0 radical (unpaired) electrons. The van der Waals surface area contributed by atoms with Crippen molar-refractivity contribution in [2.75, 3.05) is 0 Å². The zero-order valence-electron chi connectivity index (χ0n) is 5.66. The maximum atomic E-state index is 10.7. The first-order chi connectivity index (χ1) is 4.61. The van der Waals surface area contributed by atoms with E-state index in [1.165, 1.54) is 0 Å². The van der Waals surface area contributed by atoms with Crippen LogP contribution in [0.25, 0.3) is 0 Å². The number of rotatable bonds is 1. The fraction of sp³-hybridized carbons (Fsp3) is 0.667. The summed E-state index contributed by atoms with van der Waals surface area (Å²) in [5.41, 5.74) is 0. The van der Waals surface area contributed by atoms with E-state index in [-0.39, 0.29) is 5.25 Å². The first kappa shape index (κ1) is 7.75. The Bertz CT molecular complexity index is 230. The summed E-state index contributed by atoms with van der Waals surface area (Å²) in [4.78, 5) is 0. The Labute approximate surface area is 61.0 Å². The molecule has 0 aromatic heterocycles. The molecule has 0 fully saturated rings. The monoisotopic (exact) mass is 161 g/mol. The average molecular weight is 161 g/mol. The summed E-state index contributed by atoms with van der Waals surface area (Å²) < 4.78 is 21.5. The third kappa shape index (κ3) is 1.82. The SMILES string of the molecule is NS(=O)(=O)C1CC=CCC1. The molecule has 1 aliphatic rings. The molecule has 1 unspecified atom stereocenters. The quantitative estimate of drug-likeness (QED) is 0.565. The lowest BCUT2D eigenvalue weighted by atomic mass is 10.1. The Hall–Kier alpha value is -0.350. The summed E-state index contributed by atoms with van der Waals surface area (Å²) in [6.07, 6.45) is 5.95. The molecule has 0 heterocycles. The Morgan fingerprint density at radius 3 is 2.40 bits per heavy atom. The first-order valence-electron chi connectivity index (χ1n) is 3.27. The molecule has 0 amide bonds. The molecule has 0 saturated carbocycles. The van der Waals surface area contributed by atoms with Crippen molar-refractivity contribution in [3.05, 3.63) is 12.2 Å². The van der Waals surface area contributed by atoms with Crippen LogP contribution in [0.3, 0.4) is 0 Å². The highest BCUT2D eigenvalue weighted by Gasteiger charge is 2.20. The number of sulfonamides is 1. The number of hydrogen-bond acceptors (Lipinski definition) is 2.